The number of amides is 2. The lowest BCUT2D eigenvalue weighted by atomic mass is 10.1. The van der Waals surface area contributed by atoms with Crippen LogP contribution in [0.3, 0.4) is 0 Å². The molecule has 6 nitrogen and oxygen atoms in total. The van der Waals surface area contributed by atoms with Gasteiger partial charge in [-0.05, 0) is 6.42 Å². The summed E-state index contributed by atoms with van der Waals surface area (Å²) in [5.74, 6) is -0.861. The highest BCUT2D eigenvalue weighted by Crippen LogP contribution is 2.12. The highest BCUT2D eigenvalue weighted by Gasteiger charge is 2.35. The standard InChI is InChI=1S/C14H24N2O4/c1-3-4-5-6-7-8-13(18)16-10-12(17)15-9-11(16)14(19)20-2/h11H,3-10H2,1-2H3,(H,15,17)/t11-/m1/s1. The van der Waals surface area contributed by atoms with Crippen LogP contribution in [0.4, 0.5) is 0 Å². The molecule has 0 saturated carbocycles. The fourth-order valence-corrected chi connectivity index (χ4v) is 2.27. The quantitative estimate of drug-likeness (QED) is 0.555. The Bertz CT molecular complexity index is 357. The smallest absolute Gasteiger partial charge is 0.330 e. The zero-order valence-corrected chi connectivity index (χ0v) is 12.3. The number of nitrogens with one attached hydrogen (secondary N) is 1. The summed E-state index contributed by atoms with van der Waals surface area (Å²) in [6.07, 6.45) is 5.62. The molecule has 1 heterocycles. The fourth-order valence-electron chi connectivity index (χ4n) is 2.27. The first-order chi connectivity index (χ1) is 9.60. The van der Waals surface area contributed by atoms with E-state index in [-0.39, 0.29) is 24.9 Å². The molecule has 0 bridgehead atoms. The number of ether oxygens (including phenoxy) is 1. The van der Waals surface area contributed by atoms with Gasteiger partial charge in [-0.3, -0.25) is 9.59 Å². The van der Waals surface area contributed by atoms with Crippen LogP contribution in [0.2, 0.25) is 0 Å². The lowest BCUT2D eigenvalue weighted by Gasteiger charge is -2.33. The Morgan fingerprint density at radius 3 is 2.65 bits per heavy atom. The van der Waals surface area contributed by atoms with Crippen LogP contribution in [0.5, 0.6) is 0 Å². The van der Waals surface area contributed by atoms with Crippen molar-refractivity contribution in [1.29, 1.82) is 0 Å². The predicted molar refractivity (Wildman–Crippen MR) is 73.9 cm³/mol. The van der Waals surface area contributed by atoms with Crippen LogP contribution in [0.25, 0.3) is 0 Å². The van der Waals surface area contributed by atoms with Crippen molar-refractivity contribution in [2.24, 2.45) is 0 Å². The first kappa shape index (κ1) is 16.5. The Morgan fingerprint density at radius 1 is 1.30 bits per heavy atom. The number of hydrogen-bond acceptors (Lipinski definition) is 4. The summed E-state index contributed by atoms with van der Waals surface area (Å²) >= 11 is 0. The first-order valence-corrected chi connectivity index (χ1v) is 7.24. The second kappa shape index (κ2) is 8.55. The summed E-state index contributed by atoms with van der Waals surface area (Å²) in [4.78, 5) is 36.5. The first-order valence-electron chi connectivity index (χ1n) is 7.24. The summed E-state index contributed by atoms with van der Waals surface area (Å²) < 4.78 is 4.68. The molecule has 20 heavy (non-hydrogen) atoms. The summed E-state index contributed by atoms with van der Waals surface area (Å²) in [6.45, 7) is 2.21. The van der Waals surface area contributed by atoms with Crippen molar-refractivity contribution in [3.05, 3.63) is 0 Å². The van der Waals surface area contributed by atoms with Gasteiger partial charge in [0.25, 0.3) is 0 Å². The van der Waals surface area contributed by atoms with Crippen molar-refractivity contribution in [2.75, 3.05) is 20.2 Å². The Morgan fingerprint density at radius 2 is 2.00 bits per heavy atom. The molecule has 0 aromatic heterocycles. The Kier molecular flexibility index (Phi) is 7.04. The van der Waals surface area contributed by atoms with Gasteiger partial charge in [-0.15, -0.1) is 0 Å². The number of carbonyl (C=O) groups excluding carboxylic acids is 3. The van der Waals surface area contributed by atoms with Gasteiger partial charge in [0.15, 0.2) is 0 Å². The maximum atomic E-state index is 12.1. The highest BCUT2D eigenvalue weighted by molar-refractivity contribution is 5.91. The lowest BCUT2D eigenvalue weighted by molar-refractivity contribution is -0.156. The predicted octanol–water partition coefficient (Wildman–Crippen LogP) is 0.847. The number of methoxy groups -OCH3 is 1. The number of esters is 1. The van der Waals surface area contributed by atoms with Gasteiger partial charge in [0.05, 0.1) is 7.11 Å². The van der Waals surface area contributed by atoms with E-state index >= 15 is 0 Å². The van der Waals surface area contributed by atoms with Gasteiger partial charge in [0, 0.05) is 13.0 Å². The maximum Gasteiger partial charge on any atom is 0.330 e. The molecule has 0 aliphatic carbocycles. The lowest BCUT2D eigenvalue weighted by Crippen LogP contribution is -2.59. The number of hydrogen-bond donors (Lipinski definition) is 1. The molecule has 1 atom stereocenters. The molecule has 2 amide bonds. The third kappa shape index (κ3) is 4.83. The van der Waals surface area contributed by atoms with Crippen LogP contribution in [0, 0.1) is 0 Å². The van der Waals surface area contributed by atoms with Crippen LogP contribution in [-0.2, 0) is 19.1 Å². The van der Waals surface area contributed by atoms with Crippen LogP contribution < -0.4 is 5.32 Å². The summed E-state index contributed by atoms with van der Waals surface area (Å²) in [5, 5.41) is 2.58. The molecule has 1 fully saturated rings. The molecular formula is C14H24N2O4. The van der Waals surface area contributed by atoms with E-state index in [1.165, 1.54) is 18.4 Å². The van der Waals surface area contributed by atoms with Gasteiger partial charge in [-0.2, -0.15) is 0 Å². The van der Waals surface area contributed by atoms with Gasteiger partial charge < -0.3 is 15.0 Å². The van der Waals surface area contributed by atoms with E-state index in [1.807, 2.05) is 0 Å². The van der Waals surface area contributed by atoms with Crippen LogP contribution in [0.15, 0.2) is 0 Å². The Labute approximate surface area is 119 Å². The van der Waals surface area contributed by atoms with Gasteiger partial charge in [-0.25, -0.2) is 4.79 Å². The monoisotopic (exact) mass is 284 g/mol. The zero-order valence-electron chi connectivity index (χ0n) is 12.3. The van der Waals surface area contributed by atoms with Gasteiger partial charge >= 0.3 is 5.97 Å². The average molecular weight is 284 g/mol. The number of nitrogens with zero attached hydrogens (tertiary/aromatic N) is 1. The van der Waals surface area contributed by atoms with E-state index in [4.69, 9.17) is 0 Å². The van der Waals surface area contributed by atoms with Gasteiger partial charge in [0.1, 0.15) is 12.6 Å². The Hall–Kier alpha value is -1.59. The molecule has 0 aromatic rings. The van der Waals surface area contributed by atoms with E-state index in [0.29, 0.717) is 6.42 Å². The molecule has 0 spiro atoms. The normalized spacial score (nSPS) is 18.6. The second-order valence-electron chi connectivity index (χ2n) is 5.03. The number of unbranched alkanes of at least 4 members (excludes halogenated alkanes) is 4. The minimum Gasteiger partial charge on any atom is -0.467 e. The minimum absolute atomic E-state index is 0.0619. The van der Waals surface area contributed by atoms with Gasteiger partial charge in [0.2, 0.25) is 11.8 Å². The minimum atomic E-state index is -0.694. The highest BCUT2D eigenvalue weighted by atomic mass is 16.5. The van der Waals surface area contributed by atoms with Crippen molar-refractivity contribution < 1.29 is 19.1 Å². The van der Waals surface area contributed by atoms with Gasteiger partial charge in [-0.1, -0.05) is 32.6 Å². The summed E-state index contributed by atoms with van der Waals surface area (Å²) in [6, 6.07) is -0.694. The van der Waals surface area contributed by atoms with Crippen LogP contribution >= 0.6 is 0 Å². The van der Waals surface area contributed by atoms with E-state index in [2.05, 4.69) is 17.0 Å². The van der Waals surface area contributed by atoms with Crippen molar-refractivity contribution in [2.45, 2.75) is 51.5 Å². The molecule has 0 radical (unpaired) electrons. The summed E-state index contributed by atoms with van der Waals surface area (Å²) in [7, 11) is 1.28. The summed E-state index contributed by atoms with van der Waals surface area (Å²) in [5.41, 5.74) is 0. The topological polar surface area (TPSA) is 75.7 Å². The molecule has 1 rings (SSSR count). The third-order valence-corrected chi connectivity index (χ3v) is 3.47. The third-order valence-electron chi connectivity index (χ3n) is 3.47. The molecule has 1 aliphatic heterocycles. The SMILES string of the molecule is CCCCCCCC(=O)N1CC(=O)NC[C@@H]1C(=O)OC. The van der Waals surface area contributed by atoms with Crippen LogP contribution in [-0.4, -0.2) is 48.9 Å². The van der Waals surface area contributed by atoms with E-state index in [1.54, 1.807) is 0 Å². The van der Waals surface area contributed by atoms with Crippen LogP contribution in [0.1, 0.15) is 45.4 Å². The number of rotatable bonds is 7. The van der Waals surface area contributed by atoms with E-state index in [0.717, 1.165) is 25.7 Å². The average Bonchev–Trinajstić information content (AvgIpc) is 2.46. The molecule has 0 aromatic carbocycles. The Balaban J connectivity index is 2.48. The fraction of sp³-hybridized carbons (Fsp3) is 0.786. The van der Waals surface area contributed by atoms with E-state index < -0.39 is 12.0 Å². The molecule has 1 aliphatic rings. The molecule has 6 heteroatoms. The van der Waals surface area contributed by atoms with Crippen molar-refractivity contribution >= 4 is 17.8 Å². The largest absolute Gasteiger partial charge is 0.467 e. The molecular weight excluding hydrogens is 260 g/mol. The van der Waals surface area contributed by atoms with Crippen molar-refractivity contribution in [3.63, 3.8) is 0 Å². The second-order valence-corrected chi connectivity index (χ2v) is 5.03. The zero-order chi connectivity index (χ0) is 15.0. The van der Waals surface area contributed by atoms with Crippen molar-refractivity contribution in [3.8, 4) is 0 Å². The van der Waals surface area contributed by atoms with Crippen molar-refractivity contribution in [1.82, 2.24) is 10.2 Å². The molecule has 1 saturated heterocycles. The number of piperazine rings is 1. The van der Waals surface area contributed by atoms with E-state index in [9.17, 15) is 14.4 Å². The maximum absolute atomic E-state index is 12.1. The molecule has 114 valence electrons. The molecule has 1 N–H and O–H groups in total. The molecule has 0 unspecified atom stereocenters. The number of carbonyl (C=O) groups is 3.